The average molecular weight is 553 g/mol. The Morgan fingerprint density at radius 3 is 2.07 bits per heavy atom. The Hall–Kier alpha value is -4.46. The fourth-order valence-corrected chi connectivity index (χ4v) is 5.33. The summed E-state index contributed by atoms with van der Waals surface area (Å²) in [5.41, 5.74) is 4.92. The minimum absolute atomic E-state index is 0.0862. The zero-order valence-electron chi connectivity index (χ0n) is 24.0. The number of alkyl carbamates (subject to hydrolysis) is 1. The van der Waals surface area contributed by atoms with E-state index in [0.717, 1.165) is 33.6 Å². The number of aromatic nitrogens is 3. The number of nitrogens with one attached hydrogen (secondary N) is 1. The molecule has 1 heterocycles. The van der Waals surface area contributed by atoms with Gasteiger partial charge in [0.25, 0.3) is 0 Å². The number of hydrogen-bond donors (Lipinski definition) is 1. The number of hydrogen-bond acceptors (Lipinski definition) is 6. The van der Waals surface area contributed by atoms with Crippen LogP contribution < -0.4 is 5.32 Å². The number of ether oxygens (including phenoxy) is 2. The Bertz CT molecular complexity index is 1480. The van der Waals surface area contributed by atoms with Crippen LogP contribution in [0, 0.1) is 0 Å². The van der Waals surface area contributed by atoms with Crippen LogP contribution in [0.1, 0.15) is 62.0 Å². The molecule has 0 spiro atoms. The van der Waals surface area contributed by atoms with Crippen LogP contribution in [0.25, 0.3) is 11.1 Å². The van der Waals surface area contributed by atoms with Crippen molar-refractivity contribution in [3.63, 3.8) is 0 Å². The van der Waals surface area contributed by atoms with Crippen molar-refractivity contribution in [1.82, 2.24) is 20.1 Å². The van der Waals surface area contributed by atoms with E-state index in [1.165, 1.54) is 0 Å². The third-order valence-corrected chi connectivity index (χ3v) is 7.14. The maximum absolute atomic E-state index is 13.2. The van der Waals surface area contributed by atoms with Gasteiger partial charge in [0.05, 0.1) is 0 Å². The van der Waals surface area contributed by atoms with E-state index in [0.29, 0.717) is 18.8 Å². The number of esters is 1. The first-order valence-electron chi connectivity index (χ1n) is 14.0. The zero-order chi connectivity index (χ0) is 29.0. The van der Waals surface area contributed by atoms with Crippen LogP contribution in [0.15, 0.2) is 78.9 Å². The lowest BCUT2D eigenvalue weighted by Crippen LogP contribution is -2.46. The molecule has 0 saturated heterocycles. The highest BCUT2D eigenvalue weighted by molar-refractivity contribution is 5.82. The van der Waals surface area contributed by atoms with Crippen LogP contribution in [0.2, 0.25) is 0 Å². The smallest absolute Gasteiger partial charge is 0.407 e. The third-order valence-electron chi connectivity index (χ3n) is 7.14. The molecule has 1 N–H and O–H groups in total. The van der Waals surface area contributed by atoms with Gasteiger partial charge in [0.1, 0.15) is 29.9 Å². The Kier molecular flexibility index (Phi) is 8.19. The normalized spacial score (nSPS) is 13.3. The summed E-state index contributed by atoms with van der Waals surface area (Å²) in [5, 5.41) is 11.5. The van der Waals surface area contributed by atoms with Gasteiger partial charge in [-0.05, 0) is 55.5 Å². The lowest BCUT2D eigenvalue weighted by atomic mass is 9.98. The summed E-state index contributed by atoms with van der Waals surface area (Å²) < 4.78 is 13.4. The summed E-state index contributed by atoms with van der Waals surface area (Å²) >= 11 is 0. The highest BCUT2D eigenvalue weighted by atomic mass is 16.6. The molecular formula is C33H36N4O4. The standard InChI is InChI=1S/C33H36N4O4/c1-5-37-29(19-22-13-7-6-8-14-22)35-36-30(37)20-28(31(38)41-33(2,3)4)34-32(39)40-21-27-25-17-11-9-15-23(25)24-16-10-12-18-26(24)27/h6-18,27-28H,5,19-21H2,1-4H3,(H,34,39)/t28-/m0/s1. The van der Waals surface area contributed by atoms with Gasteiger partial charge in [0, 0.05) is 25.3 Å². The number of carbonyl (C=O) groups is 2. The molecule has 0 bridgehead atoms. The predicted octanol–water partition coefficient (Wildman–Crippen LogP) is 5.68. The maximum atomic E-state index is 13.2. The lowest BCUT2D eigenvalue weighted by Gasteiger charge is -2.24. The van der Waals surface area contributed by atoms with Gasteiger partial charge in [-0.3, -0.25) is 0 Å². The first-order valence-corrected chi connectivity index (χ1v) is 14.0. The summed E-state index contributed by atoms with van der Waals surface area (Å²) in [5.74, 6) is 0.740. The number of carbonyl (C=O) groups excluding carboxylic acids is 2. The molecule has 0 radical (unpaired) electrons. The molecule has 0 fully saturated rings. The van der Waals surface area contributed by atoms with Crippen molar-refractivity contribution in [2.45, 2.75) is 64.6 Å². The molecule has 8 nitrogen and oxygen atoms in total. The van der Waals surface area contributed by atoms with Gasteiger partial charge < -0.3 is 19.4 Å². The van der Waals surface area contributed by atoms with Crippen LogP contribution in [0.3, 0.4) is 0 Å². The minimum Gasteiger partial charge on any atom is -0.458 e. The second-order valence-electron chi connectivity index (χ2n) is 11.2. The molecule has 4 aromatic rings. The SMILES string of the molecule is CCn1c(Cc2ccccc2)nnc1C[C@H](NC(=O)OCC1c2ccccc2-c2ccccc21)C(=O)OC(C)(C)C. The second-order valence-corrected chi connectivity index (χ2v) is 11.2. The number of amides is 1. The van der Waals surface area contributed by atoms with Crippen LogP contribution in [0.5, 0.6) is 0 Å². The van der Waals surface area contributed by atoms with E-state index in [9.17, 15) is 9.59 Å². The van der Waals surface area contributed by atoms with Crippen LogP contribution in [-0.2, 0) is 33.7 Å². The largest absolute Gasteiger partial charge is 0.458 e. The number of nitrogens with zero attached hydrogens (tertiary/aromatic N) is 3. The fraction of sp³-hybridized carbons (Fsp3) is 0.333. The average Bonchev–Trinajstić information content (AvgIpc) is 3.49. The summed E-state index contributed by atoms with van der Waals surface area (Å²) in [7, 11) is 0. The zero-order valence-corrected chi connectivity index (χ0v) is 24.0. The molecule has 5 rings (SSSR count). The molecular weight excluding hydrogens is 516 g/mol. The third kappa shape index (κ3) is 6.48. The van der Waals surface area contributed by atoms with Crippen molar-refractivity contribution in [3.05, 3.63) is 107 Å². The molecule has 1 amide bonds. The predicted molar refractivity (Wildman–Crippen MR) is 156 cm³/mol. The van der Waals surface area contributed by atoms with Crippen molar-refractivity contribution in [2.24, 2.45) is 0 Å². The van der Waals surface area contributed by atoms with Gasteiger partial charge in [0.2, 0.25) is 0 Å². The van der Waals surface area contributed by atoms with E-state index in [-0.39, 0.29) is 18.9 Å². The molecule has 1 aliphatic rings. The molecule has 3 aromatic carbocycles. The van der Waals surface area contributed by atoms with Gasteiger partial charge in [-0.25, -0.2) is 9.59 Å². The topological polar surface area (TPSA) is 95.3 Å². The molecule has 1 aliphatic carbocycles. The van der Waals surface area contributed by atoms with Crippen molar-refractivity contribution >= 4 is 12.1 Å². The van der Waals surface area contributed by atoms with Gasteiger partial charge in [-0.1, -0.05) is 78.9 Å². The molecule has 1 atom stereocenters. The van der Waals surface area contributed by atoms with E-state index in [2.05, 4.69) is 39.8 Å². The van der Waals surface area contributed by atoms with Crippen molar-refractivity contribution in [3.8, 4) is 11.1 Å². The van der Waals surface area contributed by atoms with Crippen LogP contribution >= 0.6 is 0 Å². The highest BCUT2D eigenvalue weighted by Gasteiger charge is 2.32. The summed E-state index contributed by atoms with van der Waals surface area (Å²) in [6, 6.07) is 25.3. The molecule has 0 saturated carbocycles. The van der Waals surface area contributed by atoms with Crippen LogP contribution in [0.4, 0.5) is 4.79 Å². The number of rotatable bonds is 9. The van der Waals surface area contributed by atoms with Crippen molar-refractivity contribution in [1.29, 1.82) is 0 Å². The molecule has 212 valence electrons. The monoisotopic (exact) mass is 552 g/mol. The quantitative estimate of drug-likeness (QED) is 0.269. The molecule has 0 aliphatic heterocycles. The fourth-order valence-electron chi connectivity index (χ4n) is 5.33. The molecule has 0 unspecified atom stereocenters. The van der Waals surface area contributed by atoms with Crippen molar-refractivity contribution in [2.75, 3.05) is 6.61 Å². The van der Waals surface area contributed by atoms with Crippen molar-refractivity contribution < 1.29 is 19.1 Å². The van der Waals surface area contributed by atoms with Gasteiger partial charge >= 0.3 is 12.1 Å². The maximum Gasteiger partial charge on any atom is 0.407 e. The lowest BCUT2D eigenvalue weighted by molar-refractivity contribution is -0.157. The van der Waals surface area contributed by atoms with E-state index >= 15 is 0 Å². The first kappa shape index (κ1) is 28.1. The first-order chi connectivity index (χ1) is 19.7. The van der Waals surface area contributed by atoms with E-state index in [1.807, 2.05) is 66.1 Å². The Balaban J connectivity index is 1.31. The van der Waals surface area contributed by atoms with Crippen LogP contribution in [-0.4, -0.2) is 45.1 Å². The Morgan fingerprint density at radius 1 is 0.878 bits per heavy atom. The molecule has 41 heavy (non-hydrogen) atoms. The molecule has 8 heteroatoms. The van der Waals surface area contributed by atoms with E-state index < -0.39 is 23.7 Å². The van der Waals surface area contributed by atoms with Gasteiger partial charge in [-0.15, -0.1) is 10.2 Å². The number of fused-ring (bicyclic) bond motifs is 3. The summed E-state index contributed by atoms with van der Waals surface area (Å²) in [6.45, 7) is 8.15. The molecule has 1 aromatic heterocycles. The highest BCUT2D eigenvalue weighted by Crippen LogP contribution is 2.44. The van der Waals surface area contributed by atoms with E-state index in [1.54, 1.807) is 20.8 Å². The Labute approximate surface area is 240 Å². The van der Waals surface area contributed by atoms with E-state index in [4.69, 9.17) is 9.47 Å². The minimum atomic E-state index is -0.996. The number of benzene rings is 3. The summed E-state index contributed by atoms with van der Waals surface area (Å²) in [4.78, 5) is 26.3. The van der Waals surface area contributed by atoms with Gasteiger partial charge in [0.15, 0.2) is 0 Å². The Morgan fingerprint density at radius 2 is 1.46 bits per heavy atom. The van der Waals surface area contributed by atoms with Gasteiger partial charge in [-0.2, -0.15) is 0 Å². The summed E-state index contributed by atoms with van der Waals surface area (Å²) in [6.07, 6.45) is 0.0441. The second kappa shape index (κ2) is 12.0.